The average Bonchev–Trinajstić information content (AvgIpc) is 2.32. The number of nitrogens with zero attached hydrogens (tertiary/aromatic N) is 1. The highest BCUT2D eigenvalue weighted by molar-refractivity contribution is 7.85. The summed E-state index contributed by atoms with van der Waals surface area (Å²) in [4.78, 5) is 2.24. The first kappa shape index (κ1) is 13.8. The van der Waals surface area contributed by atoms with Gasteiger partial charge in [-0.1, -0.05) is 17.7 Å². The van der Waals surface area contributed by atoms with Gasteiger partial charge in [-0.15, -0.1) is 0 Å². The zero-order valence-corrected chi connectivity index (χ0v) is 12.1. The van der Waals surface area contributed by atoms with E-state index in [1.807, 2.05) is 19.1 Å². The summed E-state index contributed by atoms with van der Waals surface area (Å²) in [5.74, 6) is 1.50. The maximum absolute atomic E-state index is 11.3. The third-order valence-electron chi connectivity index (χ3n) is 3.12. The predicted octanol–water partition coefficient (Wildman–Crippen LogP) is 1.80. The SMILES string of the molecule is CC(N)Cc1ccc(N2CCS(=O)CC2)cc1Cl. The second-order valence-electron chi connectivity index (χ2n) is 4.79. The highest BCUT2D eigenvalue weighted by Crippen LogP contribution is 2.25. The van der Waals surface area contributed by atoms with Crippen LogP contribution in [0, 0.1) is 0 Å². The monoisotopic (exact) mass is 286 g/mol. The van der Waals surface area contributed by atoms with Crippen LogP contribution in [-0.2, 0) is 17.2 Å². The van der Waals surface area contributed by atoms with Gasteiger partial charge in [0.1, 0.15) is 0 Å². The molecular weight excluding hydrogens is 268 g/mol. The molecule has 1 atom stereocenters. The second-order valence-corrected chi connectivity index (χ2v) is 6.90. The summed E-state index contributed by atoms with van der Waals surface area (Å²) >= 11 is 6.28. The molecule has 0 radical (unpaired) electrons. The van der Waals surface area contributed by atoms with Crippen molar-refractivity contribution in [3.05, 3.63) is 28.8 Å². The van der Waals surface area contributed by atoms with Crippen molar-refractivity contribution in [1.29, 1.82) is 0 Å². The molecule has 0 saturated carbocycles. The lowest BCUT2D eigenvalue weighted by atomic mass is 10.1. The minimum atomic E-state index is -0.643. The molecule has 1 fully saturated rings. The molecule has 1 unspecified atom stereocenters. The number of rotatable bonds is 3. The number of anilines is 1. The first-order valence-corrected chi connectivity index (χ1v) is 8.07. The molecule has 3 nitrogen and oxygen atoms in total. The molecule has 2 N–H and O–H groups in total. The van der Waals surface area contributed by atoms with Crippen LogP contribution in [-0.4, -0.2) is 34.8 Å². The van der Waals surface area contributed by atoms with Gasteiger partial charge in [0.25, 0.3) is 0 Å². The molecule has 1 aromatic carbocycles. The van der Waals surface area contributed by atoms with Crippen LogP contribution in [0.25, 0.3) is 0 Å². The fourth-order valence-electron chi connectivity index (χ4n) is 2.14. The number of halogens is 1. The van der Waals surface area contributed by atoms with Gasteiger partial charge in [0, 0.05) is 52.1 Å². The van der Waals surface area contributed by atoms with Gasteiger partial charge in [0.05, 0.1) is 0 Å². The molecule has 18 heavy (non-hydrogen) atoms. The average molecular weight is 287 g/mol. The Kier molecular flexibility index (Phi) is 4.65. The van der Waals surface area contributed by atoms with Crippen molar-refractivity contribution in [3.63, 3.8) is 0 Å². The van der Waals surface area contributed by atoms with Crippen LogP contribution in [0.3, 0.4) is 0 Å². The molecule has 1 aromatic rings. The molecule has 2 rings (SSSR count). The highest BCUT2D eigenvalue weighted by atomic mass is 35.5. The Morgan fingerprint density at radius 3 is 2.67 bits per heavy atom. The minimum Gasteiger partial charge on any atom is -0.370 e. The minimum absolute atomic E-state index is 0.116. The van der Waals surface area contributed by atoms with Crippen LogP contribution in [0.5, 0.6) is 0 Å². The third-order valence-corrected chi connectivity index (χ3v) is 4.75. The van der Waals surface area contributed by atoms with Crippen LogP contribution >= 0.6 is 11.6 Å². The van der Waals surface area contributed by atoms with Gasteiger partial charge in [-0.3, -0.25) is 4.21 Å². The quantitative estimate of drug-likeness (QED) is 0.922. The van der Waals surface area contributed by atoms with Crippen LogP contribution < -0.4 is 10.6 Å². The van der Waals surface area contributed by atoms with Gasteiger partial charge in [-0.05, 0) is 31.0 Å². The normalized spacial score (nSPS) is 18.9. The van der Waals surface area contributed by atoms with Gasteiger partial charge in [0.15, 0.2) is 0 Å². The van der Waals surface area contributed by atoms with E-state index in [1.165, 1.54) is 0 Å². The van der Waals surface area contributed by atoms with Crippen molar-refractivity contribution in [2.45, 2.75) is 19.4 Å². The standard InChI is InChI=1S/C13H19ClN2OS/c1-10(15)8-11-2-3-12(9-13(11)14)16-4-6-18(17)7-5-16/h2-3,9-10H,4-8,15H2,1H3. The molecule has 0 bridgehead atoms. The zero-order chi connectivity index (χ0) is 13.1. The Labute approximate surface area is 116 Å². The summed E-state index contributed by atoms with van der Waals surface area (Å²) in [7, 11) is -0.643. The van der Waals surface area contributed by atoms with Crippen molar-refractivity contribution in [1.82, 2.24) is 0 Å². The summed E-state index contributed by atoms with van der Waals surface area (Å²) < 4.78 is 11.3. The number of hydrogen-bond donors (Lipinski definition) is 1. The zero-order valence-electron chi connectivity index (χ0n) is 10.6. The topological polar surface area (TPSA) is 46.3 Å². The molecule has 0 aromatic heterocycles. The Hall–Kier alpha value is -0.580. The third kappa shape index (κ3) is 3.46. The lowest BCUT2D eigenvalue weighted by molar-refractivity contribution is 0.673. The van der Waals surface area contributed by atoms with E-state index in [4.69, 9.17) is 17.3 Å². The Balaban J connectivity index is 2.11. The largest absolute Gasteiger partial charge is 0.370 e. The summed E-state index contributed by atoms with van der Waals surface area (Å²) in [5, 5.41) is 0.775. The maximum atomic E-state index is 11.3. The molecule has 1 aliphatic heterocycles. The summed E-state index contributed by atoms with van der Waals surface area (Å²) in [6.45, 7) is 3.66. The molecule has 5 heteroatoms. The van der Waals surface area contributed by atoms with Gasteiger partial charge >= 0.3 is 0 Å². The Morgan fingerprint density at radius 1 is 1.44 bits per heavy atom. The van der Waals surface area contributed by atoms with Crippen molar-refractivity contribution in [2.24, 2.45) is 5.73 Å². The maximum Gasteiger partial charge on any atom is 0.0459 e. The molecule has 0 aliphatic carbocycles. The van der Waals surface area contributed by atoms with Crippen molar-refractivity contribution in [3.8, 4) is 0 Å². The molecular formula is C13H19ClN2OS. The molecule has 100 valence electrons. The lowest BCUT2D eigenvalue weighted by Crippen LogP contribution is -2.37. The molecule has 0 amide bonds. The first-order chi connectivity index (χ1) is 8.56. The molecule has 1 heterocycles. The van der Waals surface area contributed by atoms with E-state index >= 15 is 0 Å². The van der Waals surface area contributed by atoms with E-state index in [9.17, 15) is 4.21 Å². The van der Waals surface area contributed by atoms with E-state index in [2.05, 4.69) is 11.0 Å². The van der Waals surface area contributed by atoms with Gasteiger partial charge in [-0.25, -0.2) is 0 Å². The Bertz CT molecular complexity index is 441. The highest BCUT2D eigenvalue weighted by Gasteiger charge is 2.16. The van der Waals surface area contributed by atoms with Gasteiger partial charge < -0.3 is 10.6 Å². The van der Waals surface area contributed by atoms with E-state index in [0.29, 0.717) is 0 Å². The smallest absolute Gasteiger partial charge is 0.0459 e. The summed E-state index contributed by atoms with van der Waals surface area (Å²) in [6.07, 6.45) is 0.795. The van der Waals surface area contributed by atoms with Gasteiger partial charge in [-0.2, -0.15) is 0 Å². The van der Waals surface area contributed by atoms with E-state index < -0.39 is 10.8 Å². The molecule has 1 saturated heterocycles. The fraction of sp³-hybridized carbons (Fsp3) is 0.538. The van der Waals surface area contributed by atoms with E-state index in [1.54, 1.807) is 0 Å². The number of hydrogen-bond acceptors (Lipinski definition) is 3. The molecule has 0 spiro atoms. The second kappa shape index (κ2) is 6.04. The van der Waals surface area contributed by atoms with Crippen LogP contribution in [0.1, 0.15) is 12.5 Å². The van der Waals surface area contributed by atoms with Crippen LogP contribution in [0.4, 0.5) is 5.69 Å². The summed E-state index contributed by atoms with van der Waals surface area (Å²) in [5.41, 5.74) is 8.00. The van der Waals surface area contributed by atoms with E-state index in [-0.39, 0.29) is 6.04 Å². The fourth-order valence-corrected chi connectivity index (χ4v) is 3.45. The first-order valence-electron chi connectivity index (χ1n) is 6.20. The number of benzene rings is 1. The van der Waals surface area contributed by atoms with Crippen molar-refractivity contribution in [2.75, 3.05) is 29.5 Å². The Morgan fingerprint density at radius 2 is 2.11 bits per heavy atom. The van der Waals surface area contributed by atoms with Crippen molar-refractivity contribution >= 4 is 28.1 Å². The van der Waals surface area contributed by atoms with Crippen LogP contribution in [0.2, 0.25) is 5.02 Å². The lowest BCUT2D eigenvalue weighted by Gasteiger charge is -2.28. The molecule has 1 aliphatic rings. The van der Waals surface area contributed by atoms with Crippen molar-refractivity contribution < 1.29 is 4.21 Å². The van der Waals surface area contributed by atoms with Gasteiger partial charge in [0.2, 0.25) is 0 Å². The van der Waals surface area contributed by atoms with E-state index in [0.717, 1.165) is 47.3 Å². The predicted molar refractivity (Wildman–Crippen MR) is 78.9 cm³/mol. The number of nitrogens with two attached hydrogens (primary N) is 1. The summed E-state index contributed by atoms with van der Waals surface area (Å²) in [6, 6.07) is 6.24. The van der Waals surface area contributed by atoms with Crippen LogP contribution in [0.15, 0.2) is 18.2 Å².